The molecule has 1 rings (SSSR count). The number of carbonyl (C=O) groups is 1. The van der Waals surface area contributed by atoms with Crippen LogP contribution in [-0.2, 0) is 10.0 Å². The van der Waals surface area contributed by atoms with Crippen LogP contribution >= 0.6 is 0 Å². The average molecular weight is 301 g/mol. The second kappa shape index (κ2) is 5.39. The molecule has 112 valence electrons. The molecule has 0 aliphatic heterocycles. The summed E-state index contributed by atoms with van der Waals surface area (Å²) >= 11 is 0. The van der Waals surface area contributed by atoms with Gasteiger partial charge in [-0.2, -0.15) is 4.31 Å². The lowest BCUT2D eigenvalue weighted by Gasteiger charge is -2.25. The summed E-state index contributed by atoms with van der Waals surface area (Å²) in [5.74, 6) is -0.689. The van der Waals surface area contributed by atoms with Crippen LogP contribution in [0.5, 0.6) is 0 Å². The molecule has 0 aromatic heterocycles. The molecular formula is C12H19N3O4S. The van der Waals surface area contributed by atoms with Gasteiger partial charge in [0.15, 0.2) is 0 Å². The van der Waals surface area contributed by atoms with Gasteiger partial charge >= 0.3 is 0 Å². The van der Waals surface area contributed by atoms with Crippen LogP contribution in [-0.4, -0.2) is 42.9 Å². The highest BCUT2D eigenvalue weighted by Crippen LogP contribution is 2.23. The fourth-order valence-corrected chi connectivity index (χ4v) is 3.15. The summed E-state index contributed by atoms with van der Waals surface area (Å²) in [5, 5.41) is 9.69. The Morgan fingerprint density at radius 3 is 2.35 bits per heavy atom. The van der Waals surface area contributed by atoms with Crippen molar-refractivity contribution in [1.82, 2.24) is 4.31 Å². The van der Waals surface area contributed by atoms with Crippen molar-refractivity contribution in [3.8, 4) is 0 Å². The highest BCUT2D eigenvalue weighted by Gasteiger charge is 2.28. The highest BCUT2D eigenvalue weighted by atomic mass is 32.2. The number of benzene rings is 1. The van der Waals surface area contributed by atoms with Crippen LogP contribution in [0.3, 0.4) is 0 Å². The van der Waals surface area contributed by atoms with E-state index < -0.39 is 21.5 Å². The number of nitrogens with zero attached hydrogens (tertiary/aromatic N) is 1. The normalized spacial score (nSPS) is 12.7. The van der Waals surface area contributed by atoms with E-state index in [0.29, 0.717) is 0 Å². The quantitative estimate of drug-likeness (QED) is 0.647. The van der Waals surface area contributed by atoms with Gasteiger partial charge in [0.25, 0.3) is 0 Å². The summed E-state index contributed by atoms with van der Waals surface area (Å²) in [6, 6.07) is 3.74. The zero-order valence-electron chi connectivity index (χ0n) is 11.6. The summed E-state index contributed by atoms with van der Waals surface area (Å²) < 4.78 is 25.7. The number of carbonyl (C=O) groups excluding carboxylic acids is 1. The van der Waals surface area contributed by atoms with E-state index in [1.807, 2.05) is 0 Å². The van der Waals surface area contributed by atoms with Gasteiger partial charge in [-0.3, -0.25) is 4.79 Å². The van der Waals surface area contributed by atoms with E-state index in [2.05, 4.69) is 0 Å². The van der Waals surface area contributed by atoms with E-state index >= 15 is 0 Å². The topological polar surface area (TPSA) is 127 Å². The Balaban J connectivity index is 3.20. The fraction of sp³-hybridized carbons (Fsp3) is 0.417. The van der Waals surface area contributed by atoms with Gasteiger partial charge in [-0.05, 0) is 32.0 Å². The smallest absolute Gasteiger partial charge is 0.248 e. The third-order valence-corrected chi connectivity index (χ3v) is 4.47. The van der Waals surface area contributed by atoms with Crippen molar-refractivity contribution in [1.29, 1.82) is 0 Å². The highest BCUT2D eigenvalue weighted by molar-refractivity contribution is 7.89. The summed E-state index contributed by atoms with van der Waals surface area (Å²) in [5.41, 5.74) is 9.66. The number of likely N-dealkylation sites (N-methyl/N-ethyl adjacent to an activating group) is 1. The molecule has 5 N–H and O–H groups in total. The SMILES string of the molecule is CN(CC(C)(C)O)S(=O)(=O)c1ccc(C(N)=O)cc1N. The monoisotopic (exact) mass is 301 g/mol. The first-order chi connectivity index (χ1) is 8.95. The second-order valence-corrected chi connectivity index (χ2v) is 7.20. The predicted octanol–water partition coefficient (Wildman–Crippen LogP) is -0.241. The third-order valence-electron chi connectivity index (χ3n) is 2.59. The molecule has 0 saturated heterocycles. The molecule has 0 aliphatic rings. The molecule has 20 heavy (non-hydrogen) atoms. The van der Waals surface area contributed by atoms with Crippen LogP contribution in [0.25, 0.3) is 0 Å². The van der Waals surface area contributed by atoms with Crippen molar-refractivity contribution >= 4 is 21.6 Å². The molecule has 0 spiro atoms. The van der Waals surface area contributed by atoms with Crippen LogP contribution in [0.4, 0.5) is 5.69 Å². The molecule has 0 bridgehead atoms. The van der Waals surface area contributed by atoms with E-state index in [1.165, 1.54) is 39.1 Å². The van der Waals surface area contributed by atoms with Crippen molar-refractivity contribution in [2.24, 2.45) is 5.73 Å². The fourth-order valence-electron chi connectivity index (χ4n) is 1.73. The number of sulfonamides is 1. The number of primary amides is 1. The van der Waals surface area contributed by atoms with Gasteiger partial charge in [0.2, 0.25) is 15.9 Å². The summed E-state index contributed by atoms with van der Waals surface area (Å²) in [6.45, 7) is 2.91. The molecule has 1 aromatic rings. The number of hydrogen-bond donors (Lipinski definition) is 3. The number of anilines is 1. The van der Waals surface area contributed by atoms with Crippen molar-refractivity contribution < 1.29 is 18.3 Å². The van der Waals surface area contributed by atoms with Crippen LogP contribution in [0.2, 0.25) is 0 Å². The molecule has 7 nitrogen and oxygen atoms in total. The van der Waals surface area contributed by atoms with E-state index in [4.69, 9.17) is 11.5 Å². The zero-order chi connectivity index (χ0) is 15.7. The van der Waals surface area contributed by atoms with E-state index in [-0.39, 0.29) is 22.7 Å². The molecular weight excluding hydrogens is 282 g/mol. The first-order valence-electron chi connectivity index (χ1n) is 5.83. The first-order valence-corrected chi connectivity index (χ1v) is 7.27. The lowest BCUT2D eigenvalue weighted by Crippen LogP contribution is -2.39. The Morgan fingerprint density at radius 2 is 1.95 bits per heavy atom. The molecule has 1 aromatic carbocycles. The van der Waals surface area contributed by atoms with Crippen molar-refractivity contribution in [3.63, 3.8) is 0 Å². The molecule has 0 fully saturated rings. The maximum absolute atomic E-state index is 12.3. The lowest BCUT2D eigenvalue weighted by molar-refractivity contribution is 0.0640. The molecule has 8 heteroatoms. The zero-order valence-corrected chi connectivity index (χ0v) is 12.4. The third kappa shape index (κ3) is 3.69. The van der Waals surface area contributed by atoms with Crippen molar-refractivity contribution in [3.05, 3.63) is 23.8 Å². The Hall–Kier alpha value is -1.64. The molecule has 0 radical (unpaired) electrons. The van der Waals surface area contributed by atoms with E-state index in [9.17, 15) is 18.3 Å². The molecule has 0 atom stereocenters. The summed E-state index contributed by atoms with van der Waals surface area (Å²) in [4.78, 5) is 10.9. The largest absolute Gasteiger partial charge is 0.398 e. The number of amides is 1. The van der Waals surface area contributed by atoms with Crippen LogP contribution < -0.4 is 11.5 Å². The van der Waals surface area contributed by atoms with Crippen molar-refractivity contribution in [2.45, 2.75) is 24.3 Å². The van der Waals surface area contributed by atoms with E-state index in [0.717, 1.165) is 4.31 Å². The number of aliphatic hydroxyl groups is 1. The number of hydrogen-bond acceptors (Lipinski definition) is 5. The second-order valence-electron chi connectivity index (χ2n) is 5.19. The molecule has 0 aliphatic carbocycles. The molecule has 1 amide bonds. The number of nitrogens with two attached hydrogens (primary N) is 2. The molecule has 0 saturated carbocycles. The summed E-state index contributed by atoms with van der Waals surface area (Å²) in [7, 11) is -2.51. The number of nitrogen functional groups attached to an aromatic ring is 1. The molecule has 0 unspecified atom stereocenters. The van der Waals surface area contributed by atoms with Crippen LogP contribution in [0.15, 0.2) is 23.1 Å². The Kier molecular flexibility index (Phi) is 4.42. The van der Waals surface area contributed by atoms with Gasteiger partial charge in [-0.1, -0.05) is 0 Å². The predicted molar refractivity (Wildman–Crippen MR) is 75.5 cm³/mol. The minimum absolute atomic E-state index is 0.0658. The maximum atomic E-state index is 12.3. The maximum Gasteiger partial charge on any atom is 0.248 e. The van der Waals surface area contributed by atoms with Gasteiger partial charge < -0.3 is 16.6 Å². The minimum atomic E-state index is -3.85. The average Bonchev–Trinajstić information content (AvgIpc) is 2.25. The van der Waals surface area contributed by atoms with E-state index in [1.54, 1.807) is 0 Å². The Labute approximate surface area is 118 Å². The Bertz CT molecular complexity index is 620. The minimum Gasteiger partial charge on any atom is -0.398 e. The Morgan fingerprint density at radius 1 is 1.40 bits per heavy atom. The van der Waals surface area contributed by atoms with Gasteiger partial charge in [0, 0.05) is 19.2 Å². The van der Waals surface area contributed by atoms with Gasteiger partial charge in [0.05, 0.1) is 11.3 Å². The first kappa shape index (κ1) is 16.4. The summed E-state index contributed by atoms with van der Waals surface area (Å²) in [6.07, 6.45) is 0. The van der Waals surface area contributed by atoms with Gasteiger partial charge in [-0.25, -0.2) is 8.42 Å². The standard InChI is InChI=1S/C12H19N3O4S/c1-12(2,17)7-15(3)20(18,19)10-5-4-8(11(14)16)6-9(10)13/h4-6,17H,7,13H2,1-3H3,(H2,14,16). The number of rotatable bonds is 5. The van der Waals surface area contributed by atoms with Crippen LogP contribution in [0, 0.1) is 0 Å². The van der Waals surface area contributed by atoms with Gasteiger partial charge in [0.1, 0.15) is 4.90 Å². The van der Waals surface area contributed by atoms with Crippen molar-refractivity contribution in [2.75, 3.05) is 19.3 Å². The van der Waals surface area contributed by atoms with Gasteiger partial charge in [-0.15, -0.1) is 0 Å². The molecule has 0 heterocycles. The lowest BCUT2D eigenvalue weighted by atomic mass is 10.1. The van der Waals surface area contributed by atoms with Crippen LogP contribution in [0.1, 0.15) is 24.2 Å².